The van der Waals surface area contributed by atoms with Crippen molar-refractivity contribution in [2.24, 2.45) is 0 Å². The number of nitrogens with two attached hydrogens (primary N) is 1. The first-order chi connectivity index (χ1) is 6.59. The van der Waals surface area contributed by atoms with E-state index in [0.29, 0.717) is 5.82 Å². The second-order valence-electron chi connectivity index (χ2n) is 3.43. The van der Waals surface area contributed by atoms with Gasteiger partial charge in [-0.2, -0.15) is 4.37 Å². The highest BCUT2D eigenvalue weighted by molar-refractivity contribution is 7.10. The molecule has 1 aromatic heterocycles. The van der Waals surface area contributed by atoms with Crippen molar-refractivity contribution in [3.05, 3.63) is 6.07 Å². The van der Waals surface area contributed by atoms with Crippen LogP contribution in [0.5, 0.6) is 0 Å². The Hall–Kier alpha value is -0.810. The van der Waals surface area contributed by atoms with Crippen LogP contribution in [0.15, 0.2) is 6.07 Å². The Labute approximate surface area is 88.8 Å². The molecule has 0 bridgehead atoms. The van der Waals surface area contributed by atoms with Crippen LogP contribution in [0.1, 0.15) is 13.8 Å². The van der Waals surface area contributed by atoms with Gasteiger partial charge < -0.3 is 15.4 Å². The van der Waals surface area contributed by atoms with Crippen LogP contribution in [0.25, 0.3) is 0 Å². The molecule has 5 heteroatoms. The molecule has 2 N–H and O–H groups in total. The van der Waals surface area contributed by atoms with E-state index in [0.717, 1.165) is 18.2 Å². The predicted molar refractivity (Wildman–Crippen MR) is 60.9 cm³/mol. The fourth-order valence-corrected chi connectivity index (χ4v) is 1.65. The smallest absolute Gasteiger partial charge is 0.139 e. The van der Waals surface area contributed by atoms with Crippen LogP contribution in [-0.4, -0.2) is 30.7 Å². The molecule has 0 radical (unpaired) electrons. The standard InChI is InChI=1S/C9H17N3OS/c1-7(2)13-5-4-12(3)9-6-8(10)11-14-9/h6-7H,4-5H2,1-3H3,(H2,10,11). The first kappa shape index (κ1) is 11.3. The van der Waals surface area contributed by atoms with Crippen LogP contribution < -0.4 is 10.6 Å². The summed E-state index contributed by atoms with van der Waals surface area (Å²) in [6.07, 6.45) is 0.287. The molecular weight excluding hydrogens is 198 g/mol. The predicted octanol–water partition coefficient (Wildman–Crippen LogP) is 1.59. The van der Waals surface area contributed by atoms with Gasteiger partial charge in [0.15, 0.2) is 0 Å². The number of nitrogen functional groups attached to an aromatic ring is 1. The number of aromatic nitrogens is 1. The van der Waals surface area contributed by atoms with Crippen LogP contribution in [0, 0.1) is 0 Å². The van der Waals surface area contributed by atoms with Crippen LogP contribution in [-0.2, 0) is 4.74 Å². The molecular formula is C9H17N3OS. The number of ether oxygens (including phenoxy) is 1. The van der Waals surface area contributed by atoms with Gasteiger partial charge in [0.2, 0.25) is 0 Å². The topological polar surface area (TPSA) is 51.4 Å². The molecule has 1 rings (SSSR count). The van der Waals surface area contributed by atoms with Crippen molar-refractivity contribution >= 4 is 22.4 Å². The summed E-state index contributed by atoms with van der Waals surface area (Å²) in [5.74, 6) is 0.585. The molecule has 0 saturated heterocycles. The van der Waals surface area contributed by atoms with Crippen LogP contribution in [0.3, 0.4) is 0 Å². The summed E-state index contributed by atoms with van der Waals surface area (Å²) < 4.78 is 9.47. The van der Waals surface area contributed by atoms with Gasteiger partial charge in [0.05, 0.1) is 12.7 Å². The molecule has 0 aliphatic rings. The molecule has 0 amide bonds. The van der Waals surface area contributed by atoms with Crippen LogP contribution >= 0.6 is 11.5 Å². The quantitative estimate of drug-likeness (QED) is 0.810. The molecule has 0 fully saturated rings. The molecule has 0 saturated carbocycles. The highest BCUT2D eigenvalue weighted by atomic mass is 32.1. The second kappa shape index (κ2) is 5.17. The monoisotopic (exact) mass is 215 g/mol. The fraction of sp³-hybridized carbons (Fsp3) is 0.667. The van der Waals surface area contributed by atoms with Crippen molar-refractivity contribution in [3.8, 4) is 0 Å². The SMILES string of the molecule is CC(C)OCCN(C)c1cc(N)ns1. The van der Waals surface area contributed by atoms with E-state index in [1.54, 1.807) is 0 Å². The molecule has 0 unspecified atom stereocenters. The first-order valence-electron chi connectivity index (χ1n) is 4.64. The number of rotatable bonds is 5. The van der Waals surface area contributed by atoms with Gasteiger partial charge >= 0.3 is 0 Å². The Bertz CT molecular complexity index is 275. The Kier molecular flexibility index (Phi) is 4.16. The molecule has 0 atom stereocenters. The van der Waals surface area contributed by atoms with Gasteiger partial charge in [-0.1, -0.05) is 0 Å². The average Bonchev–Trinajstić information content (AvgIpc) is 2.51. The van der Waals surface area contributed by atoms with Gasteiger partial charge in [0.25, 0.3) is 0 Å². The summed E-state index contributed by atoms with van der Waals surface area (Å²) in [6, 6.07) is 1.88. The van der Waals surface area contributed by atoms with Crippen molar-refractivity contribution in [3.63, 3.8) is 0 Å². The minimum absolute atomic E-state index is 0.287. The van der Waals surface area contributed by atoms with E-state index in [-0.39, 0.29) is 6.10 Å². The largest absolute Gasteiger partial charge is 0.383 e. The molecule has 1 heterocycles. The lowest BCUT2D eigenvalue weighted by Gasteiger charge is -2.17. The lowest BCUT2D eigenvalue weighted by atomic mass is 10.5. The third kappa shape index (κ3) is 3.51. The maximum absolute atomic E-state index is 5.53. The minimum Gasteiger partial charge on any atom is -0.383 e. The summed E-state index contributed by atoms with van der Waals surface area (Å²) in [6.45, 7) is 5.65. The van der Waals surface area contributed by atoms with Crippen molar-refractivity contribution in [2.75, 3.05) is 30.8 Å². The summed E-state index contributed by atoms with van der Waals surface area (Å²) in [7, 11) is 2.01. The lowest BCUT2D eigenvalue weighted by molar-refractivity contribution is 0.0846. The molecule has 0 spiro atoms. The number of anilines is 2. The van der Waals surface area contributed by atoms with Gasteiger partial charge in [0.1, 0.15) is 10.8 Å². The highest BCUT2D eigenvalue weighted by Crippen LogP contribution is 2.20. The van der Waals surface area contributed by atoms with E-state index in [4.69, 9.17) is 10.5 Å². The van der Waals surface area contributed by atoms with E-state index in [2.05, 4.69) is 9.27 Å². The Morgan fingerprint density at radius 1 is 1.64 bits per heavy atom. The first-order valence-corrected chi connectivity index (χ1v) is 5.42. The van der Waals surface area contributed by atoms with Crippen LogP contribution in [0.2, 0.25) is 0 Å². The van der Waals surface area contributed by atoms with E-state index >= 15 is 0 Å². The third-order valence-electron chi connectivity index (χ3n) is 1.77. The van der Waals surface area contributed by atoms with Crippen molar-refractivity contribution < 1.29 is 4.74 Å². The van der Waals surface area contributed by atoms with E-state index < -0.39 is 0 Å². The number of hydrogen-bond donors (Lipinski definition) is 1. The van der Waals surface area contributed by atoms with Gasteiger partial charge in [0, 0.05) is 19.7 Å². The number of likely N-dealkylation sites (N-methyl/N-ethyl adjacent to an activating group) is 1. The second-order valence-corrected chi connectivity index (χ2v) is 4.21. The van der Waals surface area contributed by atoms with Gasteiger partial charge in [-0.25, -0.2) is 0 Å². The molecule has 14 heavy (non-hydrogen) atoms. The van der Waals surface area contributed by atoms with Crippen LogP contribution in [0.4, 0.5) is 10.8 Å². The summed E-state index contributed by atoms with van der Waals surface area (Å²) in [5.41, 5.74) is 5.53. The zero-order valence-corrected chi connectivity index (χ0v) is 9.67. The van der Waals surface area contributed by atoms with Gasteiger partial charge in [-0.3, -0.25) is 0 Å². The molecule has 4 nitrogen and oxygen atoms in total. The fourth-order valence-electron chi connectivity index (χ4n) is 0.994. The lowest BCUT2D eigenvalue weighted by Crippen LogP contribution is -2.23. The molecule has 0 aliphatic heterocycles. The Morgan fingerprint density at radius 2 is 2.36 bits per heavy atom. The molecule has 80 valence electrons. The summed E-state index contributed by atoms with van der Waals surface area (Å²) in [5, 5.41) is 1.08. The minimum atomic E-state index is 0.287. The van der Waals surface area contributed by atoms with Crippen molar-refractivity contribution in [1.29, 1.82) is 0 Å². The zero-order chi connectivity index (χ0) is 10.6. The molecule has 0 aromatic carbocycles. The van der Waals surface area contributed by atoms with E-state index in [9.17, 15) is 0 Å². The maximum atomic E-state index is 5.53. The zero-order valence-electron chi connectivity index (χ0n) is 8.86. The Balaban J connectivity index is 2.32. The Morgan fingerprint density at radius 3 is 2.86 bits per heavy atom. The van der Waals surface area contributed by atoms with Crippen molar-refractivity contribution in [1.82, 2.24) is 4.37 Å². The van der Waals surface area contributed by atoms with Crippen molar-refractivity contribution in [2.45, 2.75) is 20.0 Å². The number of nitrogens with zero attached hydrogens (tertiary/aromatic N) is 2. The molecule has 0 aliphatic carbocycles. The third-order valence-corrected chi connectivity index (χ3v) is 2.69. The van der Waals surface area contributed by atoms with Gasteiger partial charge in [-0.15, -0.1) is 0 Å². The average molecular weight is 215 g/mol. The summed E-state index contributed by atoms with van der Waals surface area (Å²) in [4.78, 5) is 2.09. The maximum Gasteiger partial charge on any atom is 0.139 e. The molecule has 1 aromatic rings. The highest BCUT2D eigenvalue weighted by Gasteiger charge is 2.04. The normalized spacial score (nSPS) is 10.9. The van der Waals surface area contributed by atoms with E-state index in [1.165, 1.54) is 11.5 Å². The summed E-state index contributed by atoms with van der Waals surface area (Å²) >= 11 is 1.41. The number of hydrogen-bond acceptors (Lipinski definition) is 5. The van der Waals surface area contributed by atoms with E-state index in [1.807, 2.05) is 27.0 Å². The van der Waals surface area contributed by atoms with Gasteiger partial charge in [-0.05, 0) is 25.4 Å².